The molecule has 0 aliphatic heterocycles. The molecule has 0 saturated carbocycles. The first-order valence-electron chi connectivity index (χ1n) is 6.08. The van der Waals surface area contributed by atoms with Crippen LogP contribution in [0.5, 0.6) is 0 Å². The number of aromatic nitrogens is 2. The second-order valence-corrected chi connectivity index (χ2v) is 6.43. The first-order chi connectivity index (χ1) is 9.72. The highest BCUT2D eigenvalue weighted by Gasteiger charge is 2.25. The molecule has 0 atom stereocenters. The van der Waals surface area contributed by atoms with Crippen LogP contribution < -0.4 is 5.32 Å². The van der Waals surface area contributed by atoms with Gasteiger partial charge in [0.2, 0.25) is 0 Å². The lowest BCUT2D eigenvalue weighted by Gasteiger charge is -2.06. The molecule has 0 radical (unpaired) electrons. The molecule has 2 aromatic heterocycles. The zero-order chi connectivity index (χ0) is 13.7. The summed E-state index contributed by atoms with van der Waals surface area (Å²) in [5.74, 6) is 0.849. The van der Waals surface area contributed by atoms with Crippen molar-refractivity contribution in [1.29, 1.82) is 0 Å². The second kappa shape index (κ2) is 4.52. The fourth-order valence-electron chi connectivity index (χ4n) is 2.43. The third-order valence-corrected chi connectivity index (χ3v) is 5.06. The number of rotatable bonds is 2. The molecular formula is C14H9Cl2N3S. The largest absolute Gasteiger partial charge is 0.338 e. The Balaban J connectivity index is 1.69. The molecule has 1 aliphatic rings. The van der Waals surface area contributed by atoms with E-state index in [1.807, 2.05) is 6.07 Å². The van der Waals surface area contributed by atoms with Crippen LogP contribution in [-0.4, -0.2) is 10.2 Å². The van der Waals surface area contributed by atoms with Crippen molar-refractivity contribution in [1.82, 2.24) is 10.2 Å². The highest BCUT2D eigenvalue weighted by Crippen LogP contribution is 2.42. The summed E-state index contributed by atoms with van der Waals surface area (Å²) >= 11 is 13.7. The third kappa shape index (κ3) is 1.84. The van der Waals surface area contributed by atoms with Crippen molar-refractivity contribution >= 4 is 46.0 Å². The molecule has 1 aromatic carbocycles. The number of fused-ring (bicyclic) bond motifs is 3. The Kier molecular flexibility index (Phi) is 2.77. The Bertz CT molecular complexity index is 807. The monoisotopic (exact) mass is 321 g/mol. The molecule has 1 aliphatic carbocycles. The molecule has 0 unspecified atom stereocenters. The van der Waals surface area contributed by atoms with Gasteiger partial charge in [0.05, 0.1) is 15.7 Å². The van der Waals surface area contributed by atoms with Crippen LogP contribution in [0.4, 0.5) is 11.5 Å². The molecule has 0 spiro atoms. The number of benzene rings is 1. The predicted molar refractivity (Wildman–Crippen MR) is 84.5 cm³/mol. The molecule has 0 amide bonds. The van der Waals surface area contributed by atoms with Crippen molar-refractivity contribution in [3.05, 3.63) is 50.1 Å². The van der Waals surface area contributed by atoms with E-state index in [1.165, 1.54) is 16.0 Å². The van der Waals surface area contributed by atoms with Crippen LogP contribution in [0.25, 0.3) is 11.3 Å². The van der Waals surface area contributed by atoms with E-state index in [0.29, 0.717) is 10.0 Å². The maximum absolute atomic E-state index is 6.03. The van der Waals surface area contributed by atoms with Gasteiger partial charge in [0.15, 0.2) is 5.82 Å². The number of H-pyrrole nitrogens is 1. The fraction of sp³-hybridized carbons (Fsp3) is 0.0714. The van der Waals surface area contributed by atoms with Gasteiger partial charge in [0, 0.05) is 28.1 Å². The van der Waals surface area contributed by atoms with Gasteiger partial charge in [0.1, 0.15) is 0 Å². The Morgan fingerprint density at radius 1 is 1.20 bits per heavy atom. The van der Waals surface area contributed by atoms with Gasteiger partial charge >= 0.3 is 0 Å². The van der Waals surface area contributed by atoms with Gasteiger partial charge < -0.3 is 5.32 Å². The predicted octanol–water partition coefficient (Wildman–Crippen LogP) is 5.09. The van der Waals surface area contributed by atoms with Crippen molar-refractivity contribution < 1.29 is 0 Å². The van der Waals surface area contributed by atoms with Gasteiger partial charge in [-0.1, -0.05) is 23.2 Å². The normalized spacial score (nSPS) is 12.3. The van der Waals surface area contributed by atoms with Crippen LogP contribution in [-0.2, 0) is 6.42 Å². The van der Waals surface area contributed by atoms with Crippen molar-refractivity contribution in [2.45, 2.75) is 6.42 Å². The molecule has 3 nitrogen and oxygen atoms in total. The molecule has 0 bridgehead atoms. The molecule has 100 valence electrons. The number of nitrogens with one attached hydrogen (secondary N) is 2. The Morgan fingerprint density at radius 2 is 2.10 bits per heavy atom. The zero-order valence-corrected chi connectivity index (χ0v) is 12.5. The first kappa shape index (κ1) is 12.3. The minimum atomic E-state index is 0.531. The van der Waals surface area contributed by atoms with E-state index >= 15 is 0 Å². The van der Waals surface area contributed by atoms with E-state index in [-0.39, 0.29) is 0 Å². The van der Waals surface area contributed by atoms with E-state index in [0.717, 1.165) is 23.6 Å². The number of hydrogen-bond donors (Lipinski definition) is 2. The van der Waals surface area contributed by atoms with Gasteiger partial charge in [-0.25, -0.2) is 0 Å². The van der Waals surface area contributed by atoms with Crippen molar-refractivity contribution in [2.24, 2.45) is 0 Å². The summed E-state index contributed by atoms with van der Waals surface area (Å²) in [5, 5.41) is 14.0. The smallest absolute Gasteiger partial charge is 0.156 e. The highest BCUT2D eigenvalue weighted by molar-refractivity contribution is 7.10. The Hall–Kier alpha value is -1.49. The minimum Gasteiger partial charge on any atom is -0.338 e. The average molecular weight is 322 g/mol. The maximum atomic E-state index is 6.03. The molecule has 4 rings (SSSR count). The number of anilines is 2. The van der Waals surface area contributed by atoms with Crippen molar-refractivity contribution in [3.8, 4) is 11.3 Å². The molecule has 0 fully saturated rings. The quantitative estimate of drug-likeness (QED) is 0.539. The minimum absolute atomic E-state index is 0.531. The summed E-state index contributed by atoms with van der Waals surface area (Å²) in [6, 6.07) is 7.60. The van der Waals surface area contributed by atoms with E-state index in [4.69, 9.17) is 23.2 Å². The summed E-state index contributed by atoms with van der Waals surface area (Å²) in [7, 11) is 0. The van der Waals surface area contributed by atoms with Gasteiger partial charge in [-0.2, -0.15) is 5.10 Å². The molecule has 3 aromatic rings. The first-order valence-corrected chi connectivity index (χ1v) is 7.72. The highest BCUT2D eigenvalue weighted by atomic mass is 35.5. The maximum Gasteiger partial charge on any atom is 0.156 e. The third-order valence-electron chi connectivity index (χ3n) is 3.40. The average Bonchev–Trinajstić information content (AvgIpc) is 3.07. The zero-order valence-electron chi connectivity index (χ0n) is 10.2. The molecular weight excluding hydrogens is 313 g/mol. The van der Waals surface area contributed by atoms with E-state index in [1.54, 1.807) is 23.5 Å². The number of hydrogen-bond acceptors (Lipinski definition) is 3. The fourth-order valence-corrected chi connectivity index (χ4v) is 3.63. The lowest BCUT2D eigenvalue weighted by molar-refractivity contribution is 1.09. The Morgan fingerprint density at radius 3 is 2.95 bits per heavy atom. The van der Waals surface area contributed by atoms with Crippen LogP contribution in [0.2, 0.25) is 10.0 Å². The molecule has 0 saturated heterocycles. The molecule has 20 heavy (non-hydrogen) atoms. The molecule has 2 N–H and O–H groups in total. The van der Waals surface area contributed by atoms with Gasteiger partial charge in [-0.15, -0.1) is 11.3 Å². The van der Waals surface area contributed by atoms with E-state index < -0.39 is 0 Å². The number of aromatic amines is 1. The van der Waals surface area contributed by atoms with Crippen LogP contribution in [0.1, 0.15) is 10.4 Å². The topological polar surface area (TPSA) is 40.7 Å². The van der Waals surface area contributed by atoms with Crippen LogP contribution in [0, 0.1) is 0 Å². The van der Waals surface area contributed by atoms with Gasteiger partial charge in [-0.3, -0.25) is 5.10 Å². The SMILES string of the molecule is Clc1ccc(Nc2n[nH]c3c2Cc2sccc2-3)cc1Cl. The van der Waals surface area contributed by atoms with Gasteiger partial charge in [-0.05, 0) is 29.6 Å². The van der Waals surface area contributed by atoms with Crippen LogP contribution in [0.15, 0.2) is 29.6 Å². The summed E-state index contributed by atoms with van der Waals surface area (Å²) in [5.41, 5.74) is 4.46. The molecule has 2 heterocycles. The number of halogens is 2. The van der Waals surface area contributed by atoms with Crippen LogP contribution >= 0.6 is 34.5 Å². The second-order valence-electron chi connectivity index (χ2n) is 4.61. The van der Waals surface area contributed by atoms with Crippen LogP contribution in [0.3, 0.4) is 0 Å². The molecule has 6 heteroatoms. The summed E-state index contributed by atoms with van der Waals surface area (Å²) < 4.78 is 0. The lowest BCUT2D eigenvalue weighted by atomic mass is 10.2. The van der Waals surface area contributed by atoms with Gasteiger partial charge in [0.25, 0.3) is 0 Å². The lowest BCUT2D eigenvalue weighted by Crippen LogP contribution is -1.94. The van der Waals surface area contributed by atoms with Crippen molar-refractivity contribution in [3.63, 3.8) is 0 Å². The van der Waals surface area contributed by atoms with Crippen molar-refractivity contribution in [2.75, 3.05) is 5.32 Å². The van der Waals surface area contributed by atoms with E-state index in [2.05, 4.69) is 27.0 Å². The number of nitrogens with zero attached hydrogens (tertiary/aromatic N) is 1. The Labute approximate surface area is 129 Å². The number of thiophene rings is 1. The summed E-state index contributed by atoms with van der Waals surface area (Å²) in [4.78, 5) is 1.38. The summed E-state index contributed by atoms with van der Waals surface area (Å²) in [6.07, 6.45) is 0.919. The van der Waals surface area contributed by atoms with E-state index in [9.17, 15) is 0 Å². The standard InChI is InChI=1S/C14H9Cl2N3S/c15-10-2-1-7(5-11(10)16)17-14-9-6-12-8(3-4-20-12)13(9)18-19-14/h1-5H,6H2,(H2,17,18,19). The summed E-state index contributed by atoms with van der Waals surface area (Å²) in [6.45, 7) is 0.